The number of aromatic nitrogens is 1. The summed E-state index contributed by atoms with van der Waals surface area (Å²) >= 11 is 0. The molecule has 6 nitrogen and oxygen atoms in total. The Morgan fingerprint density at radius 2 is 2.56 bits per heavy atom. The van der Waals surface area contributed by atoms with Crippen LogP contribution in [0.4, 0.5) is 5.69 Å². The molecule has 0 unspecified atom stereocenters. The first-order chi connectivity index (χ1) is 8.74. The van der Waals surface area contributed by atoms with Crippen LogP contribution in [0.15, 0.2) is 12.3 Å². The van der Waals surface area contributed by atoms with E-state index in [1.165, 1.54) is 13.3 Å². The molecule has 1 aliphatic heterocycles. The van der Waals surface area contributed by atoms with Crippen LogP contribution in [-0.2, 0) is 16.1 Å². The zero-order valence-electron chi connectivity index (χ0n) is 10.2. The van der Waals surface area contributed by atoms with Gasteiger partial charge in [0.05, 0.1) is 13.7 Å². The van der Waals surface area contributed by atoms with Crippen molar-refractivity contribution < 1.29 is 19.4 Å². The monoisotopic (exact) mass is 252 g/mol. The van der Waals surface area contributed by atoms with Crippen molar-refractivity contribution in [2.45, 2.75) is 25.6 Å². The fraction of sp³-hybridized carbons (Fsp3) is 0.500. The van der Waals surface area contributed by atoms with Crippen molar-refractivity contribution in [3.05, 3.63) is 17.8 Å². The molecular weight excluding hydrogens is 236 g/mol. The van der Waals surface area contributed by atoms with Gasteiger partial charge in [-0.3, -0.25) is 4.79 Å². The van der Waals surface area contributed by atoms with Crippen molar-refractivity contribution in [1.29, 1.82) is 0 Å². The zero-order chi connectivity index (χ0) is 13.0. The highest BCUT2D eigenvalue weighted by atomic mass is 16.5. The van der Waals surface area contributed by atoms with E-state index in [0.29, 0.717) is 23.7 Å². The lowest BCUT2D eigenvalue weighted by atomic mass is 10.2. The predicted octanol–water partition coefficient (Wildman–Crippen LogP) is 0.700. The van der Waals surface area contributed by atoms with Crippen LogP contribution in [-0.4, -0.2) is 35.8 Å². The van der Waals surface area contributed by atoms with Gasteiger partial charge < -0.3 is 19.9 Å². The average Bonchev–Trinajstić information content (AvgIpc) is 2.92. The lowest BCUT2D eigenvalue weighted by molar-refractivity contribution is -0.124. The normalized spacial score (nSPS) is 18.7. The number of hydrogen-bond donors (Lipinski definition) is 2. The van der Waals surface area contributed by atoms with Crippen LogP contribution >= 0.6 is 0 Å². The Morgan fingerprint density at radius 1 is 1.72 bits per heavy atom. The minimum absolute atomic E-state index is 0.139. The first-order valence-electron chi connectivity index (χ1n) is 5.81. The van der Waals surface area contributed by atoms with Gasteiger partial charge in [0, 0.05) is 12.8 Å². The van der Waals surface area contributed by atoms with E-state index >= 15 is 0 Å². The van der Waals surface area contributed by atoms with E-state index in [9.17, 15) is 4.79 Å². The third-order valence-electron chi connectivity index (χ3n) is 2.76. The van der Waals surface area contributed by atoms with Crippen molar-refractivity contribution in [2.75, 3.05) is 19.0 Å². The number of aliphatic hydroxyl groups is 1. The van der Waals surface area contributed by atoms with E-state index in [1.54, 1.807) is 6.07 Å². The van der Waals surface area contributed by atoms with E-state index in [0.717, 1.165) is 12.8 Å². The summed E-state index contributed by atoms with van der Waals surface area (Å²) in [6.45, 7) is 0.476. The standard InChI is InChI=1S/C12H16N2O4/c1-17-12-9(5-8(7-15)6-13-12)14-11(16)10-3-2-4-18-10/h5-6,10,15H,2-4,7H2,1H3,(H,14,16)/t10-/m0/s1. The summed E-state index contributed by atoms with van der Waals surface area (Å²) in [5, 5.41) is 11.8. The quantitative estimate of drug-likeness (QED) is 0.824. The van der Waals surface area contributed by atoms with Crippen molar-refractivity contribution >= 4 is 11.6 Å². The van der Waals surface area contributed by atoms with Gasteiger partial charge in [-0.15, -0.1) is 0 Å². The second-order valence-corrected chi connectivity index (χ2v) is 4.05. The molecule has 18 heavy (non-hydrogen) atoms. The lowest BCUT2D eigenvalue weighted by Gasteiger charge is -2.13. The van der Waals surface area contributed by atoms with Crippen LogP contribution < -0.4 is 10.1 Å². The maximum Gasteiger partial charge on any atom is 0.253 e. The van der Waals surface area contributed by atoms with Gasteiger partial charge in [0.2, 0.25) is 5.88 Å². The second kappa shape index (κ2) is 5.79. The Labute approximate surface area is 105 Å². The van der Waals surface area contributed by atoms with Crippen molar-refractivity contribution in [1.82, 2.24) is 4.98 Å². The molecule has 0 spiro atoms. The molecule has 1 aliphatic rings. The molecule has 0 aliphatic carbocycles. The predicted molar refractivity (Wildman–Crippen MR) is 64.3 cm³/mol. The molecule has 1 aromatic rings. The summed E-state index contributed by atoms with van der Waals surface area (Å²) in [6, 6.07) is 1.64. The van der Waals surface area contributed by atoms with Crippen LogP contribution in [0.1, 0.15) is 18.4 Å². The molecule has 1 fully saturated rings. The highest BCUT2D eigenvalue weighted by molar-refractivity contribution is 5.95. The van der Waals surface area contributed by atoms with Gasteiger partial charge in [0.15, 0.2) is 0 Å². The minimum Gasteiger partial charge on any atom is -0.480 e. The molecule has 98 valence electrons. The van der Waals surface area contributed by atoms with Gasteiger partial charge in [-0.2, -0.15) is 0 Å². The van der Waals surface area contributed by atoms with Crippen molar-refractivity contribution in [3.63, 3.8) is 0 Å². The molecule has 6 heteroatoms. The number of carbonyl (C=O) groups excluding carboxylic acids is 1. The van der Waals surface area contributed by atoms with Gasteiger partial charge >= 0.3 is 0 Å². The van der Waals surface area contributed by atoms with Crippen LogP contribution in [0, 0.1) is 0 Å². The fourth-order valence-electron chi connectivity index (χ4n) is 1.83. The number of nitrogens with one attached hydrogen (secondary N) is 1. The lowest BCUT2D eigenvalue weighted by Crippen LogP contribution is -2.27. The molecule has 2 rings (SSSR count). The Morgan fingerprint density at radius 3 is 3.17 bits per heavy atom. The number of aliphatic hydroxyl groups excluding tert-OH is 1. The van der Waals surface area contributed by atoms with Crippen LogP contribution in [0.25, 0.3) is 0 Å². The average molecular weight is 252 g/mol. The number of methoxy groups -OCH3 is 1. The number of carbonyl (C=O) groups is 1. The number of pyridine rings is 1. The first-order valence-corrected chi connectivity index (χ1v) is 5.81. The van der Waals surface area contributed by atoms with E-state index in [4.69, 9.17) is 14.6 Å². The van der Waals surface area contributed by atoms with E-state index in [2.05, 4.69) is 10.3 Å². The first kappa shape index (κ1) is 12.8. The number of amides is 1. The Hall–Kier alpha value is -1.66. The number of ether oxygens (including phenoxy) is 2. The SMILES string of the molecule is COc1ncc(CO)cc1NC(=O)[C@@H]1CCCO1. The Kier molecular flexibility index (Phi) is 4.11. The number of anilines is 1. The van der Waals surface area contributed by atoms with Gasteiger partial charge in [-0.1, -0.05) is 0 Å². The highest BCUT2D eigenvalue weighted by Crippen LogP contribution is 2.23. The van der Waals surface area contributed by atoms with E-state index < -0.39 is 6.10 Å². The molecule has 2 N–H and O–H groups in total. The molecule has 0 radical (unpaired) electrons. The van der Waals surface area contributed by atoms with E-state index in [-0.39, 0.29) is 12.5 Å². The fourth-order valence-corrected chi connectivity index (χ4v) is 1.83. The molecule has 1 atom stereocenters. The van der Waals surface area contributed by atoms with Gasteiger partial charge in [0.1, 0.15) is 11.8 Å². The molecule has 0 saturated carbocycles. The summed E-state index contributed by atoms with van der Waals surface area (Å²) in [7, 11) is 1.47. The summed E-state index contributed by atoms with van der Waals surface area (Å²) in [5.74, 6) is 0.112. The van der Waals surface area contributed by atoms with Crippen molar-refractivity contribution in [2.24, 2.45) is 0 Å². The number of hydrogen-bond acceptors (Lipinski definition) is 5. The maximum atomic E-state index is 11.9. The summed E-state index contributed by atoms with van der Waals surface area (Å²) < 4.78 is 10.4. The summed E-state index contributed by atoms with van der Waals surface area (Å²) in [4.78, 5) is 15.9. The largest absolute Gasteiger partial charge is 0.480 e. The number of rotatable bonds is 4. The van der Waals surface area contributed by atoms with Gasteiger partial charge in [0.25, 0.3) is 5.91 Å². The molecule has 0 aromatic carbocycles. The van der Waals surface area contributed by atoms with E-state index in [1.807, 2.05) is 0 Å². The zero-order valence-corrected chi connectivity index (χ0v) is 10.2. The van der Waals surface area contributed by atoms with Gasteiger partial charge in [-0.25, -0.2) is 4.98 Å². The Bertz CT molecular complexity index is 430. The van der Waals surface area contributed by atoms with Crippen LogP contribution in [0.2, 0.25) is 0 Å². The van der Waals surface area contributed by atoms with Crippen LogP contribution in [0.3, 0.4) is 0 Å². The molecule has 2 heterocycles. The summed E-state index contributed by atoms with van der Waals surface area (Å²) in [6.07, 6.45) is 2.71. The van der Waals surface area contributed by atoms with Crippen molar-refractivity contribution in [3.8, 4) is 5.88 Å². The topological polar surface area (TPSA) is 80.7 Å². The molecular formula is C12H16N2O4. The Balaban J connectivity index is 2.13. The smallest absolute Gasteiger partial charge is 0.253 e. The van der Waals surface area contributed by atoms with Gasteiger partial charge in [-0.05, 0) is 24.5 Å². The molecule has 1 saturated heterocycles. The maximum absolute atomic E-state index is 11.9. The summed E-state index contributed by atoms with van der Waals surface area (Å²) in [5.41, 5.74) is 1.06. The second-order valence-electron chi connectivity index (χ2n) is 4.05. The third kappa shape index (κ3) is 2.77. The molecule has 1 aromatic heterocycles. The van der Waals surface area contributed by atoms with Crippen LogP contribution in [0.5, 0.6) is 5.88 Å². The molecule has 1 amide bonds. The highest BCUT2D eigenvalue weighted by Gasteiger charge is 2.24. The number of nitrogens with zero attached hydrogens (tertiary/aromatic N) is 1. The minimum atomic E-state index is -0.410. The molecule has 0 bridgehead atoms. The third-order valence-corrected chi connectivity index (χ3v) is 2.76.